The lowest BCUT2D eigenvalue weighted by atomic mass is 9.91. The molecule has 0 unspecified atom stereocenters. The maximum atomic E-state index is 11.2. The van der Waals surface area contributed by atoms with Gasteiger partial charge in [-0.1, -0.05) is 29.8 Å². The summed E-state index contributed by atoms with van der Waals surface area (Å²) in [6.45, 7) is 4.61. The number of hydrogen-bond donors (Lipinski definition) is 0. The van der Waals surface area contributed by atoms with E-state index in [4.69, 9.17) is 0 Å². The molecule has 1 aromatic carbocycles. The first-order chi connectivity index (χ1) is 8.03. The molecule has 0 aliphatic heterocycles. The summed E-state index contributed by atoms with van der Waals surface area (Å²) in [5.41, 5.74) is 3.11. The van der Waals surface area contributed by atoms with Crippen molar-refractivity contribution in [2.45, 2.75) is 38.5 Å². The van der Waals surface area contributed by atoms with Crippen molar-refractivity contribution in [1.82, 2.24) is 4.90 Å². The Kier molecular flexibility index (Phi) is 3.23. The molecule has 0 radical (unpaired) electrons. The molecule has 1 aromatic rings. The van der Waals surface area contributed by atoms with E-state index in [0.29, 0.717) is 5.41 Å². The molecule has 0 bridgehead atoms. The molecule has 1 fully saturated rings. The molecule has 2 nitrogen and oxygen atoms in total. The Morgan fingerprint density at radius 1 is 1.29 bits per heavy atom. The molecule has 0 N–H and O–H groups in total. The molecule has 1 aliphatic rings. The summed E-state index contributed by atoms with van der Waals surface area (Å²) < 4.78 is 0. The van der Waals surface area contributed by atoms with Gasteiger partial charge in [-0.05, 0) is 37.2 Å². The van der Waals surface area contributed by atoms with E-state index in [1.807, 2.05) is 11.9 Å². The standard InChI is InChI=1S/C15H21NO/c1-12-4-6-14(7-5-12)15(8-9-15)10-11-16(3)13(2)17/h4-7H,8-11H2,1-3H3. The average Bonchev–Trinajstić information content (AvgIpc) is 3.08. The molecule has 1 saturated carbocycles. The van der Waals surface area contributed by atoms with Gasteiger partial charge in [-0.2, -0.15) is 0 Å². The fourth-order valence-corrected chi connectivity index (χ4v) is 2.28. The smallest absolute Gasteiger partial charge is 0.219 e. The van der Waals surface area contributed by atoms with Gasteiger partial charge >= 0.3 is 0 Å². The highest BCUT2D eigenvalue weighted by Gasteiger charge is 2.43. The molecular weight excluding hydrogens is 210 g/mol. The number of benzene rings is 1. The summed E-state index contributed by atoms with van der Waals surface area (Å²) in [5, 5.41) is 0. The predicted molar refractivity (Wildman–Crippen MR) is 70.0 cm³/mol. The second-order valence-corrected chi connectivity index (χ2v) is 5.34. The molecule has 0 heterocycles. The third-order valence-corrected chi connectivity index (χ3v) is 3.98. The van der Waals surface area contributed by atoms with Crippen LogP contribution < -0.4 is 0 Å². The number of amides is 1. The van der Waals surface area contributed by atoms with E-state index in [9.17, 15) is 4.79 Å². The van der Waals surface area contributed by atoms with Crippen LogP contribution in [0.1, 0.15) is 37.3 Å². The summed E-state index contributed by atoms with van der Waals surface area (Å²) in [6, 6.07) is 8.86. The Labute approximate surface area is 104 Å². The lowest BCUT2D eigenvalue weighted by Gasteiger charge is -2.20. The van der Waals surface area contributed by atoms with E-state index in [1.54, 1.807) is 6.92 Å². The molecule has 1 aliphatic carbocycles. The Balaban J connectivity index is 2.00. The van der Waals surface area contributed by atoms with Crippen molar-refractivity contribution in [3.05, 3.63) is 35.4 Å². The van der Waals surface area contributed by atoms with Crippen molar-refractivity contribution >= 4 is 5.91 Å². The van der Waals surface area contributed by atoms with Crippen molar-refractivity contribution in [1.29, 1.82) is 0 Å². The molecule has 0 spiro atoms. The van der Waals surface area contributed by atoms with Crippen LogP contribution in [-0.4, -0.2) is 24.4 Å². The minimum atomic E-state index is 0.157. The zero-order valence-corrected chi connectivity index (χ0v) is 11.0. The monoisotopic (exact) mass is 231 g/mol. The first-order valence-corrected chi connectivity index (χ1v) is 6.32. The van der Waals surface area contributed by atoms with Crippen LogP contribution in [-0.2, 0) is 10.2 Å². The van der Waals surface area contributed by atoms with Gasteiger partial charge in [0.2, 0.25) is 5.91 Å². The summed E-state index contributed by atoms with van der Waals surface area (Å²) in [7, 11) is 1.88. The van der Waals surface area contributed by atoms with Crippen molar-refractivity contribution in [2.75, 3.05) is 13.6 Å². The number of nitrogens with zero attached hydrogens (tertiary/aromatic N) is 1. The normalized spacial score (nSPS) is 16.6. The molecule has 92 valence electrons. The zero-order valence-electron chi connectivity index (χ0n) is 11.0. The van der Waals surface area contributed by atoms with Crippen molar-refractivity contribution in [2.24, 2.45) is 0 Å². The topological polar surface area (TPSA) is 20.3 Å². The second kappa shape index (κ2) is 4.52. The number of rotatable bonds is 4. The molecule has 0 atom stereocenters. The number of hydrogen-bond acceptors (Lipinski definition) is 1. The quantitative estimate of drug-likeness (QED) is 0.780. The molecule has 1 amide bonds. The van der Waals surface area contributed by atoms with Crippen LogP contribution >= 0.6 is 0 Å². The fraction of sp³-hybridized carbons (Fsp3) is 0.533. The van der Waals surface area contributed by atoms with E-state index in [0.717, 1.165) is 13.0 Å². The van der Waals surface area contributed by atoms with Crippen LogP contribution in [0.2, 0.25) is 0 Å². The molecule has 0 saturated heterocycles. The van der Waals surface area contributed by atoms with Gasteiger partial charge in [-0.15, -0.1) is 0 Å². The van der Waals surface area contributed by atoms with E-state index >= 15 is 0 Å². The SMILES string of the molecule is CC(=O)N(C)CCC1(c2ccc(C)cc2)CC1. The van der Waals surface area contributed by atoms with Gasteiger partial charge < -0.3 is 4.90 Å². The Morgan fingerprint density at radius 3 is 2.35 bits per heavy atom. The van der Waals surface area contributed by atoms with Crippen LogP contribution in [0.3, 0.4) is 0 Å². The van der Waals surface area contributed by atoms with Crippen LogP contribution in [0.4, 0.5) is 0 Å². The zero-order chi connectivity index (χ0) is 12.5. The summed E-state index contributed by atoms with van der Waals surface area (Å²) in [4.78, 5) is 13.0. The van der Waals surface area contributed by atoms with Gasteiger partial charge in [0.25, 0.3) is 0 Å². The molecule has 2 heteroatoms. The predicted octanol–water partition coefficient (Wildman–Crippen LogP) is 2.90. The minimum absolute atomic E-state index is 0.157. The molecular formula is C15H21NO. The van der Waals surface area contributed by atoms with Gasteiger partial charge in [0.1, 0.15) is 0 Å². The highest BCUT2D eigenvalue weighted by Crippen LogP contribution is 2.51. The third-order valence-electron chi connectivity index (χ3n) is 3.98. The summed E-state index contributed by atoms with van der Waals surface area (Å²) in [6.07, 6.45) is 3.62. The van der Waals surface area contributed by atoms with Gasteiger partial charge in [-0.3, -0.25) is 4.79 Å². The van der Waals surface area contributed by atoms with Crippen molar-refractivity contribution < 1.29 is 4.79 Å². The maximum absolute atomic E-state index is 11.2. The second-order valence-electron chi connectivity index (χ2n) is 5.34. The van der Waals surface area contributed by atoms with Crippen LogP contribution in [0.25, 0.3) is 0 Å². The first-order valence-electron chi connectivity index (χ1n) is 6.32. The Morgan fingerprint density at radius 2 is 1.88 bits per heavy atom. The summed E-state index contributed by atoms with van der Waals surface area (Å²) in [5.74, 6) is 0.157. The fourth-order valence-electron chi connectivity index (χ4n) is 2.28. The lowest BCUT2D eigenvalue weighted by Crippen LogP contribution is -2.27. The number of aryl methyl sites for hydroxylation is 1. The Hall–Kier alpha value is -1.31. The van der Waals surface area contributed by atoms with Gasteiger partial charge in [0.15, 0.2) is 0 Å². The van der Waals surface area contributed by atoms with Crippen LogP contribution in [0, 0.1) is 6.92 Å². The third kappa shape index (κ3) is 2.68. The molecule has 17 heavy (non-hydrogen) atoms. The van der Waals surface area contributed by atoms with Crippen molar-refractivity contribution in [3.8, 4) is 0 Å². The highest BCUT2D eigenvalue weighted by molar-refractivity contribution is 5.72. The van der Waals surface area contributed by atoms with Crippen molar-refractivity contribution in [3.63, 3.8) is 0 Å². The van der Waals surface area contributed by atoms with E-state index in [1.165, 1.54) is 24.0 Å². The number of carbonyl (C=O) groups is 1. The van der Waals surface area contributed by atoms with Crippen LogP contribution in [0.15, 0.2) is 24.3 Å². The average molecular weight is 231 g/mol. The minimum Gasteiger partial charge on any atom is -0.346 e. The first kappa shape index (κ1) is 12.2. The molecule has 0 aromatic heterocycles. The largest absolute Gasteiger partial charge is 0.346 e. The Bertz CT molecular complexity index is 403. The summed E-state index contributed by atoms with van der Waals surface area (Å²) >= 11 is 0. The molecule has 2 rings (SSSR count). The van der Waals surface area contributed by atoms with E-state index in [2.05, 4.69) is 31.2 Å². The van der Waals surface area contributed by atoms with Gasteiger partial charge in [0.05, 0.1) is 0 Å². The van der Waals surface area contributed by atoms with Gasteiger partial charge in [-0.25, -0.2) is 0 Å². The maximum Gasteiger partial charge on any atom is 0.219 e. The lowest BCUT2D eigenvalue weighted by molar-refractivity contribution is -0.127. The van der Waals surface area contributed by atoms with Gasteiger partial charge in [0, 0.05) is 20.5 Å². The number of carbonyl (C=O) groups excluding carboxylic acids is 1. The highest BCUT2D eigenvalue weighted by atomic mass is 16.2. The van der Waals surface area contributed by atoms with E-state index in [-0.39, 0.29) is 5.91 Å². The van der Waals surface area contributed by atoms with Crippen LogP contribution in [0.5, 0.6) is 0 Å². The van der Waals surface area contributed by atoms with E-state index < -0.39 is 0 Å².